The number of carbonyl (C=O) groups excluding carboxylic acids is 1. The fraction of sp³-hybridized carbons (Fsp3) is 0.435. The molecule has 0 aliphatic carbocycles. The zero-order valence-corrected chi connectivity index (χ0v) is 17.7. The first kappa shape index (κ1) is 19.5. The van der Waals surface area contributed by atoms with Gasteiger partial charge in [-0.25, -0.2) is 0 Å². The van der Waals surface area contributed by atoms with Crippen molar-refractivity contribution in [1.29, 1.82) is 0 Å². The van der Waals surface area contributed by atoms with Gasteiger partial charge in [0.15, 0.2) is 11.5 Å². The lowest BCUT2D eigenvalue weighted by atomic mass is 9.91. The molecule has 158 valence electrons. The van der Waals surface area contributed by atoms with E-state index in [0.717, 1.165) is 56.1 Å². The number of carbonyl (C=O) groups is 1. The molecular weight excluding hydrogens is 404 g/mol. The van der Waals surface area contributed by atoms with E-state index in [1.807, 2.05) is 41.3 Å². The number of hydrogen-bond acceptors (Lipinski definition) is 5. The first-order valence-corrected chi connectivity index (χ1v) is 10.8. The van der Waals surface area contributed by atoms with Crippen LogP contribution in [0.4, 0.5) is 0 Å². The van der Waals surface area contributed by atoms with Gasteiger partial charge in [-0.1, -0.05) is 11.6 Å². The van der Waals surface area contributed by atoms with Crippen LogP contribution < -0.4 is 14.2 Å². The van der Waals surface area contributed by atoms with E-state index in [9.17, 15) is 4.79 Å². The molecule has 2 saturated heterocycles. The van der Waals surface area contributed by atoms with Crippen LogP contribution in [0, 0.1) is 5.92 Å². The maximum Gasteiger partial charge on any atom is 0.253 e. The van der Waals surface area contributed by atoms with E-state index in [4.69, 9.17) is 25.8 Å². The number of piperidine rings is 1. The van der Waals surface area contributed by atoms with E-state index in [0.29, 0.717) is 28.3 Å². The standard InChI is InChI=1S/C23H25ClN2O4/c1-28-18-6-4-15(5-7-18)23(27)26-11-16-3-2-8-25(20(16)13-26)12-17-9-21-22(10-19(17)24)30-14-29-21/h4-7,9-10,16,20H,2-3,8,11-14H2,1H3/t16-,20+/m1/s1. The third-order valence-electron chi connectivity index (χ3n) is 6.43. The summed E-state index contributed by atoms with van der Waals surface area (Å²) < 4.78 is 16.1. The summed E-state index contributed by atoms with van der Waals surface area (Å²) in [7, 11) is 1.63. The molecule has 1 amide bonds. The zero-order valence-electron chi connectivity index (χ0n) is 17.0. The third-order valence-corrected chi connectivity index (χ3v) is 6.79. The lowest BCUT2D eigenvalue weighted by molar-refractivity contribution is 0.0774. The average molecular weight is 429 g/mol. The highest BCUT2D eigenvalue weighted by Gasteiger charge is 2.41. The molecule has 2 atom stereocenters. The number of ether oxygens (including phenoxy) is 3. The van der Waals surface area contributed by atoms with Gasteiger partial charge in [0.25, 0.3) is 5.91 Å². The van der Waals surface area contributed by atoms with Crippen LogP contribution in [0.2, 0.25) is 5.02 Å². The largest absolute Gasteiger partial charge is 0.497 e. The summed E-state index contributed by atoms with van der Waals surface area (Å²) in [5, 5.41) is 0.700. The van der Waals surface area contributed by atoms with Gasteiger partial charge in [-0.3, -0.25) is 9.69 Å². The molecule has 0 saturated carbocycles. The van der Waals surface area contributed by atoms with Crippen LogP contribution in [0.5, 0.6) is 17.2 Å². The van der Waals surface area contributed by atoms with Crippen molar-refractivity contribution in [2.45, 2.75) is 25.4 Å². The van der Waals surface area contributed by atoms with E-state index >= 15 is 0 Å². The van der Waals surface area contributed by atoms with Gasteiger partial charge >= 0.3 is 0 Å². The zero-order chi connectivity index (χ0) is 20.7. The summed E-state index contributed by atoms with van der Waals surface area (Å²) in [5.41, 5.74) is 1.75. The summed E-state index contributed by atoms with van der Waals surface area (Å²) in [6.45, 7) is 3.56. The molecule has 0 bridgehead atoms. The van der Waals surface area contributed by atoms with Crippen molar-refractivity contribution in [1.82, 2.24) is 9.80 Å². The Balaban J connectivity index is 1.30. The minimum Gasteiger partial charge on any atom is -0.497 e. The highest BCUT2D eigenvalue weighted by atomic mass is 35.5. The van der Waals surface area contributed by atoms with Crippen molar-refractivity contribution in [2.75, 3.05) is 33.5 Å². The van der Waals surface area contributed by atoms with E-state index in [1.165, 1.54) is 0 Å². The lowest BCUT2D eigenvalue weighted by Crippen LogP contribution is -2.44. The molecule has 5 rings (SSSR count). The minimum atomic E-state index is 0.0908. The number of benzene rings is 2. The maximum absolute atomic E-state index is 13.1. The van der Waals surface area contributed by atoms with E-state index in [-0.39, 0.29) is 12.7 Å². The summed E-state index contributed by atoms with van der Waals surface area (Å²) >= 11 is 6.52. The van der Waals surface area contributed by atoms with Gasteiger partial charge < -0.3 is 19.1 Å². The number of methoxy groups -OCH3 is 1. The summed E-state index contributed by atoms with van der Waals surface area (Å²) in [6, 6.07) is 11.5. The molecule has 0 radical (unpaired) electrons. The molecule has 0 spiro atoms. The number of hydrogen-bond donors (Lipinski definition) is 0. The Morgan fingerprint density at radius 3 is 2.70 bits per heavy atom. The smallest absolute Gasteiger partial charge is 0.253 e. The predicted molar refractivity (Wildman–Crippen MR) is 113 cm³/mol. The molecule has 30 heavy (non-hydrogen) atoms. The Morgan fingerprint density at radius 1 is 1.17 bits per heavy atom. The van der Waals surface area contributed by atoms with Gasteiger partial charge in [-0.05, 0) is 61.2 Å². The maximum atomic E-state index is 13.1. The Labute approximate surface area is 181 Å². The van der Waals surface area contributed by atoms with Crippen molar-refractivity contribution in [2.24, 2.45) is 5.92 Å². The molecule has 3 heterocycles. The van der Waals surface area contributed by atoms with Gasteiger partial charge in [0.2, 0.25) is 6.79 Å². The van der Waals surface area contributed by atoms with Crippen molar-refractivity contribution in [3.63, 3.8) is 0 Å². The van der Waals surface area contributed by atoms with Crippen LogP contribution >= 0.6 is 11.6 Å². The molecular formula is C23H25ClN2O4. The van der Waals surface area contributed by atoms with Crippen molar-refractivity contribution in [3.8, 4) is 17.2 Å². The van der Waals surface area contributed by atoms with E-state index in [2.05, 4.69) is 4.90 Å². The predicted octanol–water partition coefficient (Wildman–Crippen LogP) is 3.81. The Morgan fingerprint density at radius 2 is 1.93 bits per heavy atom. The third kappa shape index (κ3) is 3.59. The Bertz CT molecular complexity index is 949. The number of halogens is 1. The number of nitrogens with zero attached hydrogens (tertiary/aromatic N) is 2. The SMILES string of the molecule is COc1ccc(C(=O)N2C[C@H]3CCCN(Cc4cc5c(cc4Cl)OCO5)[C@H]3C2)cc1. The molecule has 0 unspecified atom stereocenters. The quantitative estimate of drug-likeness (QED) is 0.741. The topological polar surface area (TPSA) is 51.2 Å². The van der Waals surface area contributed by atoms with Crippen LogP contribution in [-0.2, 0) is 6.54 Å². The second-order valence-electron chi connectivity index (χ2n) is 8.18. The first-order valence-electron chi connectivity index (χ1n) is 10.4. The van der Waals surface area contributed by atoms with Crippen LogP contribution in [0.1, 0.15) is 28.8 Å². The highest BCUT2D eigenvalue weighted by molar-refractivity contribution is 6.31. The van der Waals surface area contributed by atoms with Crippen LogP contribution in [0.25, 0.3) is 0 Å². The molecule has 2 aromatic carbocycles. The van der Waals surface area contributed by atoms with Crippen molar-refractivity contribution < 1.29 is 19.0 Å². The van der Waals surface area contributed by atoms with Crippen molar-refractivity contribution in [3.05, 3.63) is 52.5 Å². The molecule has 2 fully saturated rings. The second-order valence-corrected chi connectivity index (χ2v) is 8.58. The molecule has 7 heteroatoms. The lowest BCUT2D eigenvalue weighted by Gasteiger charge is -2.37. The fourth-order valence-electron chi connectivity index (χ4n) is 4.85. The number of likely N-dealkylation sites (tertiary alicyclic amines) is 2. The molecule has 3 aliphatic heterocycles. The van der Waals surface area contributed by atoms with Crippen LogP contribution in [0.15, 0.2) is 36.4 Å². The van der Waals surface area contributed by atoms with Gasteiger partial charge in [0.1, 0.15) is 5.75 Å². The highest BCUT2D eigenvalue weighted by Crippen LogP contribution is 2.39. The van der Waals surface area contributed by atoms with Crippen LogP contribution in [0.3, 0.4) is 0 Å². The molecule has 0 aromatic heterocycles. The molecule has 0 N–H and O–H groups in total. The minimum absolute atomic E-state index is 0.0908. The van der Waals surface area contributed by atoms with Crippen LogP contribution in [-0.4, -0.2) is 55.3 Å². The molecule has 6 nitrogen and oxygen atoms in total. The Hall–Kier alpha value is -2.44. The fourth-order valence-corrected chi connectivity index (χ4v) is 5.06. The van der Waals surface area contributed by atoms with E-state index < -0.39 is 0 Å². The number of fused-ring (bicyclic) bond motifs is 2. The van der Waals surface area contributed by atoms with E-state index in [1.54, 1.807) is 7.11 Å². The monoisotopic (exact) mass is 428 g/mol. The number of rotatable bonds is 4. The molecule has 3 aliphatic rings. The van der Waals surface area contributed by atoms with Crippen molar-refractivity contribution >= 4 is 17.5 Å². The second kappa shape index (κ2) is 8.00. The summed E-state index contributed by atoms with van der Waals surface area (Å²) in [6.07, 6.45) is 2.29. The Kier molecular flexibility index (Phi) is 5.21. The van der Waals surface area contributed by atoms with Gasteiger partial charge in [-0.15, -0.1) is 0 Å². The first-order chi connectivity index (χ1) is 14.6. The molecule has 2 aromatic rings. The normalized spacial score (nSPS) is 22.8. The van der Waals surface area contributed by atoms with Gasteiger partial charge in [0.05, 0.1) is 7.11 Å². The average Bonchev–Trinajstić information content (AvgIpc) is 3.40. The van der Waals surface area contributed by atoms with Gasteiger partial charge in [-0.2, -0.15) is 0 Å². The summed E-state index contributed by atoms with van der Waals surface area (Å²) in [4.78, 5) is 17.5. The van der Waals surface area contributed by atoms with Gasteiger partial charge in [0, 0.05) is 42.3 Å². The summed E-state index contributed by atoms with van der Waals surface area (Å²) in [5.74, 6) is 2.80. The number of amides is 1.